The Hall–Kier alpha value is -2.82. The van der Waals surface area contributed by atoms with E-state index in [0.717, 1.165) is 22.5 Å². The monoisotopic (exact) mass is 324 g/mol. The van der Waals surface area contributed by atoms with Gasteiger partial charge in [-0.3, -0.25) is 9.59 Å². The minimum Gasteiger partial charge on any atom is -0.481 e. The van der Waals surface area contributed by atoms with E-state index in [1.165, 1.54) is 0 Å². The standard InChI is InChI=1S/C19H20N2O3/c1-13-8-10-14(11-9-13)21(3)19(12-17(22)23)15-6-4-5-7-16(15)20(2)18(19)24/h4-11H,12H2,1-3H3,(H,22,23). The van der Waals surface area contributed by atoms with E-state index < -0.39 is 11.5 Å². The van der Waals surface area contributed by atoms with E-state index in [1.807, 2.05) is 55.5 Å². The van der Waals surface area contributed by atoms with Crippen molar-refractivity contribution in [3.05, 3.63) is 59.7 Å². The molecule has 1 atom stereocenters. The first-order valence-corrected chi connectivity index (χ1v) is 7.78. The van der Waals surface area contributed by atoms with E-state index in [-0.39, 0.29) is 12.3 Å². The van der Waals surface area contributed by atoms with E-state index in [1.54, 1.807) is 23.9 Å². The maximum absolute atomic E-state index is 13.1. The van der Waals surface area contributed by atoms with Crippen molar-refractivity contribution < 1.29 is 14.7 Å². The van der Waals surface area contributed by atoms with Gasteiger partial charge in [0, 0.05) is 31.0 Å². The number of carboxylic acids is 1. The summed E-state index contributed by atoms with van der Waals surface area (Å²) in [5.74, 6) is -1.23. The average Bonchev–Trinajstić information content (AvgIpc) is 2.78. The van der Waals surface area contributed by atoms with Gasteiger partial charge >= 0.3 is 5.97 Å². The van der Waals surface area contributed by atoms with Crippen LogP contribution in [0.3, 0.4) is 0 Å². The van der Waals surface area contributed by atoms with Gasteiger partial charge in [-0.05, 0) is 25.1 Å². The summed E-state index contributed by atoms with van der Waals surface area (Å²) in [6.45, 7) is 1.99. The van der Waals surface area contributed by atoms with E-state index in [4.69, 9.17) is 0 Å². The van der Waals surface area contributed by atoms with Crippen molar-refractivity contribution >= 4 is 23.3 Å². The smallest absolute Gasteiger partial charge is 0.306 e. The first kappa shape index (κ1) is 16.1. The molecule has 2 aromatic rings. The number of aryl methyl sites for hydroxylation is 1. The minimum atomic E-state index is -1.24. The van der Waals surface area contributed by atoms with Gasteiger partial charge in [0.2, 0.25) is 0 Å². The minimum absolute atomic E-state index is 0.228. The Kier molecular flexibility index (Phi) is 3.79. The van der Waals surface area contributed by atoms with Gasteiger partial charge in [0.1, 0.15) is 0 Å². The largest absolute Gasteiger partial charge is 0.481 e. The van der Waals surface area contributed by atoms with Gasteiger partial charge < -0.3 is 14.9 Å². The van der Waals surface area contributed by atoms with E-state index in [2.05, 4.69) is 0 Å². The molecule has 0 saturated heterocycles. The number of fused-ring (bicyclic) bond motifs is 1. The molecule has 0 aromatic heterocycles. The predicted octanol–water partition coefficient (Wildman–Crippen LogP) is 2.78. The molecule has 0 bridgehead atoms. The van der Waals surface area contributed by atoms with Crippen LogP contribution in [0.1, 0.15) is 17.5 Å². The number of rotatable bonds is 4. The number of amides is 1. The summed E-state index contributed by atoms with van der Waals surface area (Å²) in [5, 5.41) is 9.51. The number of carboxylic acid groups (broad SMARTS) is 1. The summed E-state index contributed by atoms with van der Waals surface area (Å²) < 4.78 is 0. The van der Waals surface area contributed by atoms with Crippen LogP contribution in [0.15, 0.2) is 48.5 Å². The van der Waals surface area contributed by atoms with Crippen molar-refractivity contribution in [2.75, 3.05) is 23.9 Å². The molecular weight excluding hydrogens is 304 g/mol. The molecule has 0 aliphatic carbocycles. The van der Waals surface area contributed by atoms with Gasteiger partial charge in [-0.1, -0.05) is 35.9 Å². The molecule has 0 saturated carbocycles. The Morgan fingerprint density at radius 3 is 2.42 bits per heavy atom. The van der Waals surface area contributed by atoms with Gasteiger partial charge in [-0.2, -0.15) is 0 Å². The fourth-order valence-corrected chi connectivity index (χ4v) is 3.44. The maximum atomic E-state index is 13.1. The topological polar surface area (TPSA) is 60.9 Å². The number of anilines is 2. The quantitative estimate of drug-likeness (QED) is 0.939. The average molecular weight is 324 g/mol. The lowest BCUT2D eigenvalue weighted by Gasteiger charge is -2.38. The second-order valence-electron chi connectivity index (χ2n) is 6.21. The molecule has 2 aromatic carbocycles. The molecule has 5 nitrogen and oxygen atoms in total. The van der Waals surface area contributed by atoms with Crippen LogP contribution in [0.4, 0.5) is 11.4 Å². The number of carbonyl (C=O) groups is 2. The van der Waals surface area contributed by atoms with E-state index in [9.17, 15) is 14.7 Å². The summed E-state index contributed by atoms with van der Waals surface area (Å²) in [6.07, 6.45) is -0.294. The number of likely N-dealkylation sites (N-methyl/N-ethyl adjacent to an activating group) is 2. The summed E-state index contributed by atoms with van der Waals surface area (Å²) in [4.78, 5) is 28.1. The zero-order valence-corrected chi connectivity index (χ0v) is 14.0. The molecule has 1 amide bonds. The van der Waals surface area contributed by atoms with Crippen molar-refractivity contribution in [2.45, 2.75) is 18.9 Å². The number of hydrogen-bond donors (Lipinski definition) is 1. The van der Waals surface area contributed by atoms with E-state index >= 15 is 0 Å². The fraction of sp³-hybridized carbons (Fsp3) is 0.263. The zero-order chi connectivity index (χ0) is 17.5. The normalized spacial score (nSPS) is 19.3. The van der Waals surface area contributed by atoms with Crippen LogP contribution in [0.2, 0.25) is 0 Å². The maximum Gasteiger partial charge on any atom is 0.306 e. The molecule has 1 unspecified atom stereocenters. The molecule has 124 valence electrons. The lowest BCUT2D eigenvalue weighted by atomic mass is 9.85. The Balaban J connectivity index is 2.20. The molecule has 5 heteroatoms. The SMILES string of the molecule is Cc1ccc(N(C)C2(CC(=O)O)C(=O)N(C)c3ccccc32)cc1. The fourth-order valence-electron chi connectivity index (χ4n) is 3.44. The molecule has 1 N–H and O–H groups in total. The van der Waals surface area contributed by atoms with Crippen LogP contribution in [-0.2, 0) is 15.1 Å². The van der Waals surface area contributed by atoms with Crippen molar-refractivity contribution in [1.29, 1.82) is 0 Å². The summed E-state index contributed by atoms with van der Waals surface area (Å²) >= 11 is 0. The third-order valence-corrected chi connectivity index (χ3v) is 4.77. The Bertz CT molecular complexity index is 801. The molecule has 0 spiro atoms. The lowest BCUT2D eigenvalue weighted by molar-refractivity contribution is -0.141. The molecule has 1 aliphatic rings. The van der Waals surface area contributed by atoms with Crippen LogP contribution < -0.4 is 9.80 Å². The van der Waals surface area contributed by atoms with Crippen LogP contribution in [0.25, 0.3) is 0 Å². The number of nitrogens with zero attached hydrogens (tertiary/aromatic N) is 2. The molecule has 3 rings (SSSR count). The van der Waals surface area contributed by atoms with Crippen LogP contribution in [0.5, 0.6) is 0 Å². The number of carbonyl (C=O) groups excluding carboxylic acids is 1. The van der Waals surface area contributed by atoms with Gasteiger partial charge in [-0.15, -0.1) is 0 Å². The van der Waals surface area contributed by atoms with Gasteiger partial charge in [0.05, 0.1) is 6.42 Å². The highest BCUT2D eigenvalue weighted by atomic mass is 16.4. The van der Waals surface area contributed by atoms with Crippen LogP contribution in [-0.4, -0.2) is 31.1 Å². The van der Waals surface area contributed by atoms with Crippen molar-refractivity contribution in [2.24, 2.45) is 0 Å². The Labute approximate surface area is 141 Å². The Morgan fingerprint density at radius 2 is 1.79 bits per heavy atom. The van der Waals surface area contributed by atoms with Crippen LogP contribution >= 0.6 is 0 Å². The lowest BCUT2D eigenvalue weighted by Crippen LogP contribution is -2.52. The first-order chi connectivity index (χ1) is 11.4. The molecule has 1 heterocycles. The van der Waals surface area contributed by atoms with Gasteiger partial charge in [0.15, 0.2) is 5.54 Å². The second-order valence-corrected chi connectivity index (χ2v) is 6.21. The van der Waals surface area contributed by atoms with Gasteiger partial charge in [0.25, 0.3) is 5.91 Å². The number of hydrogen-bond acceptors (Lipinski definition) is 3. The van der Waals surface area contributed by atoms with E-state index in [0.29, 0.717) is 0 Å². The van der Waals surface area contributed by atoms with Crippen LogP contribution in [0, 0.1) is 6.92 Å². The summed E-state index contributed by atoms with van der Waals surface area (Å²) in [7, 11) is 3.47. The van der Waals surface area contributed by atoms with Crippen molar-refractivity contribution in [1.82, 2.24) is 0 Å². The highest BCUT2D eigenvalue weighted by Crippen LogP contribution is 2.46. The number of benzene rings is 2. The van der Waals surface area contributed by atoms with Crippen molar-refractivity contribution in [3.63, 3.8) is 0 Å². The third-order valence-electron chi connectivity index (χ3n) is 4.77. The molecular formula is C19H20N2O3. The number of para-hydroxylation sites is 1. The Morgan fingerprint density at radius 1 is 1.17 bits per heavy atom. The van der Waals surface area contributed by atoms with Crippen molar-refractivity contribution in [3.8, 4) is 0 Å². The second kappa shape index (κ2) is 5.67. The van der Waals surface area contributed by atoms with Gasteiger partial charge in [-0.25, -0.2) is 0 Å². The molecule has 0 radical (unpaired) electrons. The molecule has 24 heavy (non-hydrogen) atoms. The molecule has 0 fully saturated rings. The highest BCUT2D eigenvalue weighted by molar-refractivity contribution is 6.11. The summed E-state index contributed by atoms with van der Waals surface area (Å²) in [5.41, 5.74) is 2.15. The zero-order valence-electron chi connectivity index (χ0n) is 14.0. The third kappa shape index (κ3) is 2.24. The highest BCUT2D eigenvalue weighted by Gasteiger charge is 2.54. The summed E-state index contributed by atoms with van der Waals surface area (Å²) in [6, 6.07) is 15.1. The molecule has 1 aliphatic heterocycles. The predicted molar refractivity (Wildman–Crippen MR) is 93.4 cm³/mol. The first-order valence-electron chi connectivity index (χ1n) is 7.78. The number of aliphatic carboxylic acids is 1.